The summed E-state index contributed by atoms with van der Waals surface area (Å²) in [7, 11) is 2.04. The number of aryl methyl sites for hydroxylation is 1. The first-order chi connectivity index (χ1) is 8.72. The molecule has 0 amide bonds. The lowest BCUT2D eigenvalue weighted by molar-refractivity contribution is 0.243. The Kier molecular flexibility index (Phi) is 2.74. The normalized spacial score (nSPS) is 24.1. The molecule has 2 aromatic rings. The minimum atomic E-state index is 0.195. The van der Waals surface area contributed by atoms with Crippen LogP contribution in [0.25, 0.3) is 11.0 Å². The number of hydrogen-bond donors (Lipinski definition) is 1. The number of imidazole rings is 1. The molecule has 1 saturated heterocycles. The summed E-state index contributed by atoms with van der Waals surface area (Å²) in [5.41, 5.74) is 2.16. The average Bonchev–Trinajstić information content (AvgIpc) is 2.91. The Morgan fingerprint density at radius 3 is 2.89 bits per heavy atom. The van der Waals surface area contributed by atoms with E-state index in [2.05, 4.69) is 22.5 Å². The third kappa shape index (κ3) is 1.60. The summed E-state index contributed by atoms with van der Waals surface area (Å²) in [6.45, 7) is 3.37. The van der Waals surface area contributed by atoms with Crippen molar-refractivity contribution in [1.29, 1.82) is 0 Å². The lowest BCUT2D eigenvalue weighted by Gasteiger charge is -2.26. The zero-order chi connectivity index (χ0) is 12.7. The molecule has 3 rings (SSSR count). The van der Waals surface area contributed by atoms with Gasteiger partial charge in [-0.05, 0) is 24.5 Å². The number of rotatable bonds is 2. The van der Waals surface area contributed by atoms with Gasteiger partial charge in [-0.3, -0.25) is 0 Å². The van der Waals surface area contributed by atoms with E-state index in [1.807, 2.05) is 25.2 Å². The number of nitrogens with zero attached hydrogens (tertiary/aromatic N) is 3. The van der Waals surface area contributed by atoms with Gasteiger partial charge in [-0.15, -0.1) is 0 Å². The second-order valence-electron chi connectivity index (χ2n) is 5.17. The Hall–Kier alpha value is -1.55. The summed E-state index contributed by atoms with van der Waals surface area (Å²) < 4.78 is 2.12. The van der Waals surface area contributed by atoms with Crippen LogP contribution in [0.4, 0.5) is 5.95 Å². The van der Waals surface area contributed by atoms with E-state index in [9.17, 15) is 5.11 Å². The zero-order valence-corrected chi connectivity index (χ0v) is 10.9. The van der Waals surface area contributed by atoms with Gasteiger partial charge in [-0.25, -0.2) is 4.98 Å². The van der Waals surface area contributed by atoms with E-state index in [0.29, 0.717) is 5.92 Å². The molecule has 96 valence electrons. The number of aliphatic hydroxyl groups is 1. The predicted octanol–water partition coefficient (Wildman–Crippen LogP) is 1.78. The summed E-state index contributed by atoms with van der Waals surface area (Å²) in [6.07, 6.45) is 1.12. The second-order valence-corrected chi connectivity index (χ2v) is 5.17. The molecule has 1 aliphatic heterocycles. The van der Waals surface area contributed by atoms with Gasteiger partial charge < -0.3 is 14.6 Å². The van der Waals surface area contributed by atoms with Crippen molar-refractivity contribution in [3.63, 3.8) is 0 Å². The summed E-state index contributed by atoms with van der Waals surface area (Å²) in [5.74, 6) is 1.49. The molecule has 0 aliphatic carbocycles. The largest absolute Gasteiger partial charge is 0.394 e. The van der Waals surface area contributed by atoms with Crippen molar-refractivity contribution in [1.82, 2.24) is 9.55 Å². The summed E-state index contributed by atoms with van der Waals surface area (Å²) >= 11 is 0. The monoisotopic (exact) mass is 245 g/mol. The average molecular weight is 245 g/mol. The number of aliphatic hydroxyl groups excluding tert-OH is 1. The highest BCUT2D eigenvalue weighted by molar-refractivity contribution is 5.78. The molecular formula is C14H19N3O. The molecule has 1 aliphatic rings. The first kappa shape index (κ1) is 11.5. The Labute approximate surface area is 107 Å². The first-order valence-electron chi connectivity index (χ1n) is 6.51. The molecule has 2 heterocycles. The Bertz CT molecular complexity index is 563. The van der Waals surface area contributed by atoms with Gasteiger partial charge in [0.25, 0.3) is 0 Å². The van der Waals surface area contributed by atoms with Crippen LogP contribution in [0.2, 0.25) is 0 Å². The van der Waals surface area contributed by atoms with E-state index < -0.39 is 0 Å². The third-order valence-electron chi connectivity index (χ3n) is 4.09. The van der Waals surface area contributed by atoms with Gasteiger partial charge in [-0.2, -0.15) is 0 Å². The lowest BCUT2D eigenvalue weighted by atomic mass is 10.0. The van der Waals surface area contributed by atoms with Crippen LogP contribution in [-0.4, -0.2) is 33.9 Å². The van der Waals surface area contributed by atoms with E-state index in [-0.39, 0.29) is 12.6 Å². The molecule has 1 N–H and O–H groups in total. The molecule has 0 radical (unpaired) electrons. The van der Waals surface area contributed by atoms with E-state index >= 15 is 0 Å². The maximum absolute atomic E-state index is 9.56. The van der Waals surface area contributed by atoms with Gasteiger partial charge in [-0.1, -0.05) is 19.1 Å². The SMILES string of the molecule is CC1CCN(c2nc3ccccc3n2C)C1CO. The molecular weight excluding hydrogens is 226 g/mol. The van der Waals surface area contributed by atoms with E-state index in [1.165, 1.54) is 0 Å². The molecule has 1 fully saturated rings. The highest BCUT2D eigenvalue weighted by Crippen LogP contribution is 2.30. The first-order valence-corrected chi connectivity index (χ1v) is 6.51. The van der Waals surface area contributed by atoms with Crippen LogP contribution in [0.1, 0.15) is 13.3 Å². The van der Waals surface area contributed by atoms with Crippen LogP contribution < -0.4 is 4.90 Å². The molecule has 18 heavy (non-hydrogen) atoms. The number of para-hydroxylation sites is 2. The fraction of sp³-hybridized carbons (Fsp3) is 0.500. The highest BCUT2D eigenvalue weighted by atomic mass is 16.3. The maximum atomic E-state index is 9.56. The highest BCUT2D eigenvalue weighted by Gasteiger charge is 2.33. The van der Waals surface area contributed by atoms with Crippen LogP contribution in [0, 0.1) is 5.92 Å². The van der Waals surface area contributed by atoms with Crippen LogP contribution in [-0.2, 0) is 7.05 Å². The van der Waals surface area contributed by atoms with Crippen molar-refractivity contribution in [3.05, 3.63) is 24.3 Å². The predicted molar refractivity (Wildman–Crippen MR) is 72.7 cm³/mol. The van der Waals surface area contributed by atoms with Gasteiger partial charge in [0.05, 0.1) is 23.7 Å². The summed E-state index contributed by atoms with van der Waals surface area (Å²) in [4.78, 5) is 6.95. The molecule has 0 spiro atoms. The standard InChI is InChI=1S/C14H19N3O/c1-10-7-8-17(13(10)9-18)14-15-11-5-3-4-6-12(11)16(14)2/h3-6,10,13,18H,7-9H2,1-2H3. The molecule has 4 heteroatoms. The molecule has 1 aromatic heterocycles. The van der Waals surface area contributed by atoms with Crippen molar-refractivity contribution in [2.75, 3.05) is 18.1 Å². The Morgan fingerprint density at radius 1 is 1.39 bits per heavy atom. The Balaban J connectivity index is 2.06. The van der Waals surface area contributed by atoms with Crippen LogP contribution in [0.15, 0.2) is 24.3 Å². The molecule has 4 nitrogen and oxygen atoms in total. The smallest absolute Gasteiger partial charge is 0.206 e. The second kappa shape index (κ2) is 4.28. The fourth-order valence-electron chi connectivity index (χ4n) is 2.92. The summed E-state index contributed by atoms with van der Waals surface area (Å²) in [5, 5.41) is 9.56. The minimum absolute atomic E-state index is 0.195. The molecule has 2 unspecified atom stereocenters. The van der Waals surface area contributed by atoms with Gasteiger partial charge in [0.15, 0.2) is 0 Å². The van der Waals surface area contributed by atoms with Crippen LogP contribution >= 0.6 is 0 Å². The number of hydrogen-bond acceptors (Lipinski definition) is 3. The lowest BCUT2D eigenvalue weighted by Crippen LogP contribution is -2.36. The van der Waals surface area contributed by atoms with E-state index in [1.54, 1.807) is 0 Å². The Morgan fingerprint density at radius 2 is 2.17 bits per heavy atom. The van der Waals surface area contributed by atoms with Crippen LogP contribution in [0.5, 0.6) is 0 Å². The summed E-state index contributed by atoms with van der Waals surface area (Å²) in [6, 6.07) is 8.35. The van der Waals surface area contributed by atoms with E-state index in [4.69, 9.17) is 4.98 Å². The van der Waals surface area contributed by atoms with Crippen molar-refractivity contribution >= 4 is 17.0 Å². The quantitative estimate of drug-likeness (QED) is 0.877. The number of aromatic nitrogens is 2. The minimum Gasteiger partial charge on any atom is -0.394 e. The van der Waals surface area contributed by atoms with Gasteiger partial charge in [0.1, 0.15) is 0 Å². The maximum Gasteiger partial charge on any atom is 0.206 e. The number of benzene rings is 1. The molecule has 2 atom stereocenters. The van der Waals surface area contributed by atoms with Crippen LogP contribution in [0.3, 0.4) is 0 Å². The molecule has 0 bridgehead atoms. The van der Waals surface area contributed by atoms with Crippen molar-refractivity contribution in [2.24, 2.45) is 13.0 Å². The fourth-order valence-corrected chi connectivity index (χ4v) is 2.92. The van der Waals surface area contributed by atoms with Crippen molar-refractivity contribution < 1.29 is 5.11 Å². The van der Waals surface area contributed by atoms with Crippen molar-refractivity contribution in [3.8, 4) is 0 Å². The zero-order valence-electron chi connectivity index (χ0n) is 10.9. The third-order valence-corrected chi connectivity index (χ3v) is 4.09. The van der Waals surface area contributed by atoms with Gasteiger partial charge in [0, 0.05) is 13.6 Å². The molecule has 1 aromatic carbocycles. The number of anilines is 1. The molecule has 0 saturated carbocycles. The van der Waals surface area contributed by atoms with E-state index in [0.717, 1.165) is 29.9 Å². The number of fused-ring (bicyclic) bond motifs is 1. The topological polar surface area (TPSA) is 41.3 Å². The van der Waals surface area contributed by atoms with Crippen molar-refractivity contribution in [2.45, 2.75) is 19.4 Å². The van der Waals surface area contributed by atoms with Gasteiger partial charge >= 0.3 is 0 Å². The van der Waals surface area contributed by atoms with Gasteiger partial charge in [0.2, 0.25) is 5.95 Å².